The number of nitrogens with one attached hydrogen (secondary N) is 1. The minimum absolute atomic E-state index is 0.0332. The number of nitrogens with zero attached hydrogens (tertiary/aromatic N) is 1. The first kappa shape index (κ1) is 15.7. The van der Waals surface area contributed by atoms with E-state index in [9.17, 15) is 12.8 Å². The molecule has 4 nitrogen and oxygen atoms in total. The molecule has 0 spiro atoms. The van der Waals surface area contributed by atoms with E-state index in [1.807, 2.05) is 6.07 Å². The number of hydrogen-bond donors (Lipinski definition) is 1. The molecule has 1 saturated carbocycles. The van der Waals surface area contributed by atoms with Crippen LogP contribution in [0.2, 0.25) is 0 Å². The summed E-state index contributed by atoms with van der Waals surface area (Å²) in [6, 6.07) is 4.96. The molecule has 1 aromatic carbocycles. The molecule has 2 aliphatic rings. The maximum Gasteiger partial charge on any atom is 0.211 e. The quantitative estimate of drug-likeness (QED) is 0.838. The van der Waals surface area contributed by atoms with Gasteiger partial charge in [-0.05, 0) is 37.3 Å². The second kappa shape index (κ2) is 6.54. The number of benzene rings is 1. The second-order valence-corrected chi connectivity index (χ2v) is 8.23. The van der Waals surface area contributed by atoms with Crippen LogP contribution in [-0.4, -0.2) is 27.3 Å². The predicted octanol–water partition coefficient (Wildman–Crippen LogP) is 2.65. The molecule has 1 aromatic rings. The SMILES string of the molecule is O=S(=O)(CCC1CC1)NCc1c(F)cccc1N1CCCC1. The van der Waals surface area contributed by atoms with E-state index < -0.39 is 10.0 Å². The molecule has 0 amide bonds. The first-order valence-electron chi connectivity index (χ1n) is 8.05. The van der Waals surface area contributed by atoms with Crippen molar-refractivity contribution in [2.75, 3.05) is 23.7 Å². The standard InChI is InChI=1S/C16H23FN2O2S/c17-15-4-3-5-16(19-9-1-2-10-19)14(15)12-18-22(20,21)11-8-13-6-7-13/h3-5,13,18H,1-2,6-12H2. The van der Waals surface area contributed by atoms with Gasteiger partial charge in [-0.1, -0.05) is 18.9 Å². The molecular weight excluding hydrogens is 303 g/mol. The average molecular weight is 326 g/mol. The van der Waals surface area contributed by atoms with Gasteiger partial charge in [0.15, 0.2) is 0 Å². The maximum atomic E-state index is 14.1. The topological polar surface area (TPSA) is 49.4 Å². The van der Waals surface area contributed by atoms with Crippen molar-refractivity contribution in [3.8, 4) is 0 Å². The van der Waals surface area contributed by atoms with E-state index in [0.717, 1.165) is 44.5 Å². The zero-order chi connectivity index (χ0) is 15.6. The summed E-state index contributed by atoms with van der Waals surface area (Å²) in [4.78, 5) is 2.14. The molecular formula is C16H23FN2O2S. The summed E-state index contributed by atoms with van der Waals surface area (Å²) >= 11 is 0. The Morgan fingerprint density at radius 3 is 2.64 bits per heavy atom. The summed E-state index contributed by atoms with van der Waals surface area (Å²) in [6.07, 6.45) is 5.20. The fourth-order valence-corrected chi connectivity index (χ4v) is 4.11. The van der Waals surface area contributed by atoms with Crippen molar-refractivity contribution in [1.29, 1.82) is 0 Å². The maximum absolute atomic E-state index is 14.1. The van der Waals surface area contributed by atoms with Crippen molar-refractivity contribution in [1.82, 2.24) is 4.72 Å². The highest BCUT2D eigenvalue weighted by atomic mass is 32.2. The van der Waals surface area contributed by atoms with Crippen molar-refractivity contribution in [3.63, 3.8) is 0 Å². The van der Waals surface area contributed by atoms with Crippen molar-refractivity contribution >= 4 is 15.7 Å². The van der Waals surface area contributed by atoms with E-state index in [2.05, 4.69) is 9.62 Å². The first-order chi connectivity index (χ1) is 10.6. The molecule has 0 atom stereocenters. The number of sulfonamides is 1. The van der Waals surface area contributed by atoms with E-state index in [0.29, 0.717) is 17.9 Å². The van der Waals surface area contributed by atoms with Gasteiger partial charge >= 0.3 is 0 Å². The Kier molecular flexibility index (Phi) is 4.68. The number of anilines is 1. The normalized spacial score (nSPS) is 18.9. The lowest BCUT2D eigenvalue weighted by atomic mass is 10.1. The Labute approximate surface area is 131 Å². The van der Waals surface area contributed by atoms with Gasteiger partial charge < -0.3 is 4.90 Å². The smallest absolute Gasteiger partial charge is 0.211 e. The molecule has 1 N–H and O–H groups in total. The summed E-state index contributed by atoms with van der Waals surface area (Å²) in [6.45, 7) is 1.85. The Morgan fingerprint density at radius 1 is 1.23 bits per heavy atom. The molecule has 0 aromatic heterocycles. The lowest BCUT2D eigenvalue weighted by Crippen LogP contribution is -2.28. The summed E-state index contributed by atoms with van der Waals surface area (Å²) in [7, 11) is -3.33. The van der Waals surface area contributed by atoms with Gasteiger partial charge in [0, 0.05) is 30.9 Å². The van der Waals surface area contributed by atoms with Crippen molar-refractivity contribution < 1.29 is 12.8 Å². The molecule has 1 heterocycles. The summed E-state index contributed by atoms with van der Waals surface area (Å²) in [5, 5.41) is 0. The van der Waals surface area contributed by atoms with Gasteiger partial charge in [0.05, 0.1) is 5.75 Å². The third-order valence-electron chi connectivity index (χ3n) is 4.50. The van der Waals surface area contributed by atoms with E-state index in [1.165, 1.54) is 6.07 Å². The Bertz CT molecular complexity index is 623. The highest BCUT2D eigenvalue weighted by Gasteiger charge is 2.24. The van der Waals surface area contributed by atoms with Crippen LogP contribution in [0.1, 0.15) is 37.7 Å². The minimum Gasteiger partial charge on any atom is -0.371 e. The first-order valence-corrected chi connectivity index (χ1v) is 9.70. The van der Waals surface area contributed by atoms with E-state index >= 15 is 0 Å². The molecule has 122 valence electrons. The number of rotatable bonds is 7. The van der Waals surface area contributed by atoms with Crippen LogP contribution in [0, 0.1) is 11.7 Å². The van der Waals surface area contributed by atoms with E-state index in [1.54, 1.807) is 6.07 Å². The molecule has 6 heteroatoms. The Hall–Kier alpha value is -1.14. The number of hydrogen-bond acceptors (Lipinski definition) is 3. The summed E-state index contributed by atoms with van der Waals surface area (Å²) in [5.41, 5.74) is 1.28. The molecule has 0 unspecified atom stereocenters. The van der Waals surface area contributed by atoms with E-state index in [4.69, 9.17) is 0 Å². The predicted molar refractivity (Wildman–Crippen MR) is 85.8 cm³/mol. The summed E-state index contributed by atoms with van der Waals surface area (Å²) < 4.78 is 40.8. The molecule has 2 fully saturated rings. The lowest BCUT2D eigenvalue weighted by molar-refractivity contribution is 0.569. The molecule has 22 heavy (non-hydrogen) atoms. The van der Waals surface area contributed by atoms with Gasteiger partial charge in [-0.2, -0.15) is 0 Å². The van der Waals surface area contributed by atoms with Gasteiger partial charge in [0.25, 0.3) is 0 Å². The van der Waals surface area contributed by atoms with Crippen LogP contribution in [0.4, 0.5) is 10.1 Å². The fraction of sp³-hybridized carbons (Fsp3) is 0.625. The molecule has 0 bridgehead atoms. The third-order valence-corrected chi connectivity index (χ3v) is 5.86. The highest BCUT2D eigenvalue weighted by molar-refractivity contribution is 7.89. The lowest BCUT2D eigenvalue weighted by Gasteiger charge is -2.22. The van der Waals surface area contributed by atoms with Crippen LogP contribution >= 0.6 is 0 Å². The molecule has 1 saturated heterocycles. The molecule has 0 radical (unpaired) electrons. The molecule has 1 aliphatic carbocycles. The van der Waals surface area contributed by atoms with Crippen LogP contribution in [-0.2, 0) is 16.6 Å². The van der Waals surface area contributed by atoms with Crippen molar-refractivity contribution in [2.24, 2.45) is 5.92 Å². The van der Waals surface area contributed by atoms with Gasteiger partial charge in [-0.3, -0.25) is 0 Å². The number of halogens is 1. The van der Waals surface area contributed by atoms with Crippen LogP contribution in [0.3, 0.4) is 0 Å². The Balaban J connectivity index is 1.68. The van der Waals surface area contributed by atoms with Gasteiger partial charge in [0.2, 0.25) is 10.0 Å². The largest absolute Gasteiger partial charge is 0.371 e. The van der Waals surface area contributed by atoms with Crippen LogP contribution in [0.5, 0.6) is 0 Å². The zero-order valence-corrected chi connectivity index (χ0v) is 13.5. The third kappa shape index (κ3) is 3.98. The second-order valence-electron chi connectivity index (χ2n) is 6.30. The van der Waals surface area contributed by atoms with Gasteiger partial charge in [-0.25, -0.2) is 17.5 Å². The summed E-state index contributed by atoms with van der Waals surface area (Å²) in [5.74, 6) is 0.380. The van der Waals surface area contributed by atoms with Crippen LogP contribution in [0.25, 0.3) is 0 Å². The van der Waals surface area contributed by atoms with Gasteiger partial charge in [-0.15, -0.1) is 0 Å². The monoisotopic (exact) mass is 326 g/mol. The molecule has 3 rings (SSSR count). The Morgan fingerprint density at radius 2 is 1.95 bits per heavy atom. The highest BCUT2D eigenvalue weighted by Crippen LogP contribution is 2.32. The van der Waals surface area contributed by atoms with Crippen LogP contribution in [0.15, 0.2) is 18.2 Å². The van der Waals surface area contributed by atoms with Crippen molar-refractivity contribution in [3.05, 3.63) is 29.6 Å². The minimum atomic E-state index is -3.33. The van der Waals surface area contributed by atoms with Crippen molar-refractivity contribution in [2.45, 2.75) is 38.6 Å². The fourth-order valence-electron chi connectivity index (χ4n) is 2.96. The zero-order valence-electron chi connectivity index (χ0n) is 12.7. The van der Waals surface area contributed by atoms with Gasteiger partial charge in [0.1, 0.15) is 5.82 Å². The molecule has 1 aliphatic heterocycles. The van der Waals surface area contributed by atoms with Crippen LogP contribution < -0.4 is 9.62 Å². The van der Waals surface area contributed by atoms with E-state index in [-0.39, 0.29) is 18.1 Å². The average Bonchev–Trinajstić information content (AvgIpc) is 3.16.